The third-order valence-corrected chi connectivity index (χ3v) is 4.52. The molecule has 0 atom stereocenters. The molecule has 0 aliphatic heterocycles. The number of carbonyl (C=O) groups excluding carboxylic acids is 3. The summed E-state index contributed by atoms with van der Waals surface area (Å²) in [7, 11) is 4.67. The summed E-state index contributed by atoms with van der Waals surface area (Å²) in [5.41, 5.74) is 11.4. The van der Waals surface area contributed by atoms with Crippen molar-refractivity contribution >= 4 is 41.0 Å². The van der Waals surface area contributed by atoms with Crippen LogP contribution in [-0.2, 0) is 21.1 Å². The lowest BCUT2D eigenvalue weighted by Crippen LogP contribution is -2.29. The highest BCUT2D eigenvalue weighted by molar-refractivity contribution is 6.06. The Morgan fingerprint density at radius 2 is 1.30 bits per heavy atom. The summed E-state index contributed by atoms with van der Waals surface area (Å²) in [6.45, 7) is 0.204. The maximum Gasteiger partial charge on any atom is 0.275 e. The second-order valence-electron chi connectivity index (χ2n) is 7.09. The molecule has 3 aromatic rings. The first-order valence-corrected chi connectivity index (χ1v) is 9.66. The number of rotatable bonds is 8. The number of anilines is 3. The van der Waals surface area contributed by atoms with Crippen LogP contribution in [-0.4, -0.2) is 59.4 Å². The van der Waals surface area contributed by atoms with Crippen LogP contribution >= 0.6 is 0 Å². The highest BCUT2D eigenvalue weighted by atomic mass is 16.2. The molecule has 15 heteroatoms. The minimum atomic E-state index is -0.545. The molecule has 0 aromatic carbocycles. The summed E-state index contributed by atoms with van der Waals surface area (Å²) in [6.07, 6.45) is 0.223. The van der Waals surface area contributed by atoms with Gasteiger partial charge in [-0.05, 0) is 0 Å². The Morgan fingerprint density at radius 3 is 1.76 bits per heavy atom. The third kappa shape index (κ3) is 5.33. The molecule has 3 amide bonds. The van der Waals surface area contributed by atoms with Crippen molar-refractivity contribution in [2.24, 2.45) is 26.9 Å². The van der Waals surface area contributed by atoms with Crippen LogP contribution in [0.25, 0.3) is 0 Å². The lowest BCUT2D eigenvalue weighted by Gasteiger charge is -2.03. The quantitative estimate of drug-likeness (QED) is 0.182. The fraction of sp³-hybridized carbons (Fsp3) is 0.278. The summed E-state index contributed by atoms with van der Waals surface area (Å²) < 4.78 is 3.93. The van der Waals surface area contributed by atoms with Gasteiger partial charge in [-0.2, -0.15) is 15.3 Å². The van der Waals surface area contributed by atoms with Crippen LogP contribution in [0.2, 0.25) is 0 Å². The maximum absolute atomic E-state index is 12.7. The van der Waals surface area contributed by atoms with Crippen molar-refractivity contribution in [3.63, 3.8) is 0 Å². The van der Waals surface area contributed by atoms with Crippen LogP contribution < -0.4 is 27.4 Å². The van der Waals surface area contributed by atoms with Gasteiger partial charge in [0.05, 0.1) is 5.84 Å². The van der Waals surface area contributed by atoms with Crippen molar-refractivity contribution in [1.29, 1.82) is 5.41 Å². The number of nitrogen functional groups attached to an aromatic ring is 1. The molecule has 3 rings (SSSR count). The number of hydrogen-bond donors (Lipinski definition) is 6. The van der Waals surface area contributed by atoms with Gasteiger partial charge in [0.2, 0.25) is 0 Å². The summed E-state index contributed by atoms with van der Waals surface area (Å²) in [4.78, 5) is 37.4. The number of nitrogens with one attached hydrogen (secondary N) is 4. The molecule has 15 nitrogen and oxygen atoms in total. The van der Waals surface area contributed by atoms with E-state index in [9.17, 15) is 14.4 Å². The van der Waals surface area contributed by atoms with Gasteiger partial charge in [-0.3, -0.25) is 33.8 Å². The zero-order valence-corrected chi connectivity index (χ0v) is 18.2. The molecule has 0 bridgehead atoms. The molecule has 174 valence electrons. The van der Waals surface area contributed by atoms with E-state index in [1.165, 1.54) is 32.2 Å². The summed E-state index contributed by atoms with van der Waals surface area (Å²) >= 11 is 0. The second-order valence-corrected chi connectivity index (χ2v) is 7.09. The maximum atomic E-state index is 12.7. The molecule has 0 saturated heterocycles. The Bertz CT molecular complexity index is 1230. The summed E-state index contributed by atoms with van der Waals surface area (Å²) in [6, 6.07) is 4.22. The SMILES string of the molecule is Cn1nc(NC(=O)c2cc(NC(=O)c3cc(N)nn3C)nn2C)cc1C(=O)NCCC(=N)N. The van der Waals surface area contributed by atoms with Gasteiger partial charge in [0, 0.05) is 52.3 Å². The minimum Gasteiger partial charge on any atom is -0.388 e. The topological polar surface area (TPSA) is 217 Å². The lowest BCUT2D eigenvalue weighted by atomic mass is 10.3. The standard InChI is InChI=1S/C18H24N12O3/c1-28-9(6-13(21)25-28)17(32)23-15-8-11(30(3)27-15)18(33)24-14-7-10(29(2)26-14)16(31)22-5-4-12(19)20/h6-8H,4-5H2,1-3H3,(H3,19,20)(H2,21,25)(H,22,31)(H,23,27,32)(H,24,26,33). The van der Waals surface area contributed by atoms with Gasteiger partial charge in [0.1, 0.15) is 22.9 Å². The number of nitrogens with two attached hydrogens (primary N) is 2. The molecule has 0 radical (unpaired) electrons. The minimum absolute atomic E-state index is 0.0375. The predicted molar refractivity (Wildman–Crippen MR) is 119 cm³/mol. The van der Waals surface area contributed by atoms with Crippen LogP contribution in [0.3, 0.4) is 0 Å². The molecule has 3 heterocycles. The van der Waals surface area contributed by atoms with E-state index in [2.05, 4.69) is 31.2 Å². The molecule has 33 heavy (non-hydrogen) atoms. The van der Waals surface area contributed by atoms with Crippen LogP contribution in [0.5, 0.6) is 0 Å². The summed E-state index contributed by atoms with van der Waals surface area (Å²) in [5, 5.41) is 27.1. The van der Waals surface area contributed by atoms with Crippen molar-refractivity contribution < 1.29 is 14.4 Å². The Kier molecular flexibility index (Phi) is 6.41. The van der Waals surface area contributed by atoms with Gasteiger partial charge < -0.3 is 27.4 Å². The van der Waals surface area contributed by atoms with Crippen molar-refractivity contribution in [1.82, 2.24) is 34.7 Å². The molecule has 0 spiro atoms. The third-order valence-electron chi connectivity index (χ3n) is 4.52. The smallest absolute Gasteiger partial charge is 0.275 e. The van der Waals surface area contributed by atoms with E-state index in [1.54, 1.807) is 21.1 Å². The first-order valence-electron chi connectivity index (χ1n) is 9.66. The van der Waals surface area contributed by atoms with E-state index in [1.807, 2.05) is 0 Å². The van der Waals surface area contributed by atoms with Gasteiger partial charge in [0.25, 0.3) is 17.7 Å². The van der Waals surface area contributed by atoms with Gasteiger partial charge in [0.15, 0.2) is 11.6 Å². The fourth-order valence-electron chi connectivity index (χ4n) is 2.95. The molecule has 0 fully saturated rings. The Morgan fingerprint density at radius 1 is 0.848 bits per heavy atom. The molecule has 0 aliphatic carbocycles. The molecule has 3 aromatic heterocycles. The average molecular weight is 456 g/mol. The number of aromatic nitrogens is 6. The molecular weight excluding hydrogens is 432 g/mol. The highest BCUT2D eigenvalue weighted by Gasteiger charge is 2.20. The van der Waals surface area contributed by atoms with Gasteiger partial charge >= 0.3 is 0 Å². The number of nitrogens with zero attached hydrogens (tertiary/aromatic N) is 6. The number of hydrogen-bond acceptors (Lipinski definition) is 8. The Labute approximate surface area is 187 Å². The second kappa shape index (κ2) is 9.21. The van der Waals surface area contributed by atoms with Gasteiger partial charge in [-0.15, -0.1) is 0 Å². The van der Waals surface area contributed by atoms with E-state index < -0.39 is 17.7 Å². The number of carbonyl (C=O) groups is 3. The Hall–Kier alpha value is -4.69. The average Bonchev–Trinajstić information content (AvgIpc) is 3.37. The summed E-state index contributed by atoms with van der Waals surface area (Å²) in [5.74, 6) is -0.993. The normalized spacial score (nSPS) is 10.6. The molecular formula is C18H24N12O3. The molecule has 8 N–H and O–H groups in total. The van der Waals surface area contributed by atoms with Crippen molar-refractivity contribution in [3.05, 3.63) is 35.3 Å². The Balaban J connectivity index is 1.67. The largest absolute Gasteiger partial charge is 0.388 e. The predicted octanol–water partition coefficient (Wildman–Crippen LogP) is -0.970. The van der Waals surface area contributed by atoms with E-state index in [0.29, 0.717) is 0 Å². The van der Waals surface area contributed by atoms with E-state index in [0.717, 1.165) is 0 Å². The first-order chi connectivity index (χ1) is 15.5. The zero-order valence-electron chi connectivity index (χ0n) is 18.2. The van der Waals surface area contributed by atoms with Crippen LogP contribution in [0, 0.1) is 5.41 Å². The zero-order chi connectivity index (χ0) is 24.3. The van der Waals surface area contributed by atoms with E-state index in [4.69, 9.17) is 16.9 Å². The monoisotopic (exact) mass is 456 g/mol. The van der Waals surface area contributed by atoms with Crippen LogP contribution in [0.1, 0.15) is 37.9 Å². The molecule has 0 saturated carbocycles. The molecule has 0 aliphatic rings. The molecule has 0 unspecified atom stereocenters. The number of amidine groups is 1. The van der Waals surface area contributed by atoms with Gasteiger partial charge in [-0.25, -0.2) is 0 Å². The van der Waals surface area contributed by atoms with Crippen molar-refractivity contribution in [2.75, 3.05) is 22.9 Å². The highest BCUT2D eigenvalue weighted by Crippen LogP contribution is 2.14. The van der Waals surface area contributed by atoms with Crippen molar-refractivity contribution in [2.45, 2.75) is 6.42 Å². The lowest BCUT2D eigenvalue weighted by molar-refractivity contribution is 0.0943. The first kappa shape index (κ1) is 23.0. The fourth-order valence-corrected chi connectivity index (χ4v) is 2.95. The van der Waals surface area contributed by atoms with E-state index >= 15 is 0 Å². The number of amides is 3. The van der Waals surface area contributed by atoms with Crippen molar-refractivity contribution in [3.8, 4) is 0 Å². The van der Waals surface area contributed by atoms with Crippen LogP contribution in [0.15, 0.2) is 18.2 Å². The van der Waals surface area contributed by atoms with Crippen LogP contribution in [0.4, 0.5) is 17.5 Å². The number of aryl methyl sites for hydroxylation is 3. The van der Waals surface area contributed by atoms with E-state index in [-0.39, 0.29) is 53.3 Å². The van der Waals surface area contributed by atoms with Gasteiger partial charge in [-0.1, -0.05) is 0 Å².